The van der Waals surface area contributed by atoms with Crippen LogP contribution in [0.25, 0.3) is 0 Å². The summed E-state index contributed by atoms with van der Waals surface area (Å²) in [7, 11) is 1.33. The summed E-state index contributed by atoms with van der Waals surface area (Å²) in [5.41, 5.74) is 0. The molecule has 0 aliphatic carbocycles. The molecule has 2 N–H and O–H groups in total. The monoisotopic (exact) mass is 244 g/mol. The molecule has 0 unspecified atom stereocenters. The number of aliphatic hydroxyl groups excluding tert-OH is 1. The zero-order valence-electron chi connectivity index (χ0n) is 8.32. The van der Waals surface area contributed by atoms with Crippen molar-refractivity contribution in [1.82, 2.24) is 10.2 Å². The van der Waals surface area contributed by atoms with Gasteiger partial charge < -0.3 is 15.3 Å². The molecule has 4 nitrogen and oxygen atoms in total. The molecule has 0 radical (unpaired) electrons. The van der Waals surface area contributed by atoms with Crippen molar-refractivity contribution in [3.8, 4) is 0 Å². The van der Waals surface area contributed by atoms with Gasteiger partial charge in [0.25, 0.3) is 6.43 Å². The third-order valence-corrected chi connectivity index (χ3v) is 2.19. The lowest BCUT2D eigenvalue weighted by Crippen LogP contribution is -2.43. The zero-order valence-corrected chi connectivity index (χ0v) is 9.14. The molecule has 90 valence electrons. The molecule has 1 rings (SSSR count). The number of β-amino-alcohol motifs (C(OH)–C–C–N with tert-alkyl or cyclic N) is 1. The molecular formula is C8H15ClF2N2O2. The molecule has 15 heavy (non-hydrogen) atoms. The van der Waals surface area contributed by atoms with Gasteiger partial charge in [-0.05, 0) is 6.42 Å². The zero-order chi connectivity index (χ0) is 10.7. The van der Waals surface area contributed by atoms with Crippen molar-refractivity contribution in [3.63, 3.8) is 0 Å². The predicted molar refractivity (Wildman–Crippen MR) is 53.3 cm³/mol. The number of likely N-dealkylation sites (N-methyl/N-ethyl adjacent to an activating group) is 1. The van der Waals surface area contributed by atoms with Crippen LogP contribution in [0.4, 0.5) is 8.78 Å². The van der Waals surface area contributed by atoms with Gasteiger partial charge in [0, 0.05) is 13.6 Å². The van der Waals surface area contributed by atoms with Gasteiger partial charge in [-0.3, -0.25) is 4.79 Å². The Morgan fingerprint density at radius 3 is 2.67 bits per heavy atom. The quantitative estimate of drug-likeness (QED) is 0.726. The van der Waals surface area contributed by atoms with Crippen LogP contribution in [0.1, 0.15) is 6.42 Å². The van der Waals surface area contributed by atoms with Gasteiger partial charge in [0.05, 0.1) is 18.7 Å². The molecule has 0 spiro atoms. The van der Waals surface area contributed by atoms with Gasteiger partial charge in [-0.15, -0.1) is 12.4 Å². The topological polar surface area (TPSA) is 52.6 Å². The summed E-state index contributed by atoms with van der Waals surface area (Å²) in [5.74, 6) is -0.387. The van der Waals surface area contributed by atoms with E-state index in [4.69, 9.17) is 5.11 Å². The highest BCUT2D eigenvalue weighted by Gasteiger charge is 2.30. The molecule has 1 fully saturated rings. The first-order valence-electron chi connectivity index (χ1n) is 4.45. The molecule has 1 heterocycles. The average Bonchev–Trinajstić information content (AvgIpc) is 2.49. The number of aliphatic hydroxyl groups is 1. The van der Waals surface area contributed by atoms with Crippen LogP contribution < -0.4 is 5.32 Å². The van der Waals surface area contributed by atoms with Crippen LogP contribution in [0.5, 0.6) is 0 Å². The largest absolute Gasteiger partial charge is 0.392 e. The van der Waals surface area contributed by atoms with E-state index in [0.717, 1.165) is 4.90 Å². The molecule has 1 aliphatic heterocycles. The Hall–Kier alpha value is -0.460. The van der Waals surface area contributed by atoms with Crippen molar-refractivity contribution in [2.24, 2.45) is 0 Å². The Kier molecular flexibility index (Phi) is 6.00. The van der Waals surface area contributed by atoms with E-state index < -0.39 is 25.1 Å². The van der Waals surface area contributed by atoms with E-state index >= 15 is 0 Å². The van der Waals surface area contributed by atoms with Crippen LogP contribution in [-0.2, 0) is 4.79 Å². The van der Waals surface area contributed by atoms with Crippen LogP contribution in [0.2, 0.25) is 0 Å². The van der Waals surface area contributed by atoms with Crippen molar-refractivity contribution in [2.75, 3.05) is 20.1 Å². The van der Waals surface area contributed by atoms with Crippen molar-refractivity contribution in [3.05, 3.63) is 0 Å². The van der Waals surface area contributed by atoms with Crippen LogP contribution in [-0.4, -0.2) is 54.6 Å². The molecule has 2 atom stereocenters. The lowest BCUT2D eigenvalue weighted by atomic mass is 10.2. The second kappa shape index (κ2) is 6.19. The first-order valence-corrected chi connectivity index (χ1v) is 4.45. The van der Waals surface area contributed by atoms with Crippen molar-refractivity contribution >= 4 is 18.3 Å². The summed E-state index contributed by atoms with van der Waals surface area (Å²) in [6.45, 7) is -0.216. The maximum Gasteiger partial charge on any atom is 0.255 e. The van der Waals surface area contributed by atoms with E-state index in [9.17, 15) is 13.6 Å². The SMILES string of the molecule is CN(CC(F)F)C(=O)[C@H]1C[C@@H](O)CN1.Cl. The molecule has 0 aromatic carbocycles. The second-order valence-corrected chi connectivity index (χ2v) is 3.46. The first kappa shape index (κ1) is 14.5. The molecule has 1 saturated heterocycles. The molecule has 7 heteroatoms. The number of nitrogens with zero attached hydrogens (tertiary/aromatic N) is 1. The normalized spacial score (nSPS) is 25.1. The standard InChI is InChI=1S/C8H14F2N2O2.ClH/c1-12(4-7(9)10)8(14)6-2-5(13)3-11-6;/h5-7,11,13H,2-4H2,1H3;1H/t5-,6-;/m1./s1. The highest BCUT2D eigenvalue weighted by molar-refractivity contribution is 5.85. The van der Waals surface area contributed by atoms with Crippen LogP contribution in [0, 0.1) is 0 Å². The van der Waals surface area contributed by atoms with Crippen LogP contribution in [0.15, 0.2) is 0 Å². The summed E-state index contributed by atoms with van der Waals surface area (Å²) in [6.07, 6.45) is -2.77. The summed E-state index contributed by atoms with van der Waals surface area (Å²) in [6, 6.07) is -0.520. The van der Waals surface area contributed by atoms with E-state index in [2.05, 4.69) is 5.32 Å². The third-order valence-electron chi connectivity index (χ3n) is 2.19. The number of carbonyl (C=O) groups is 1. The molecule has 0 aromatic heterocycles. The number of nitrogens with one attached hydrogen (secondary N) is 1. The Balaban J connectivity index is 0.00000196. The van der Waals surface area contributed by atoms with Gasteiger partial charge in [0.15, 0.2) is 0 Å². The van der Waals surface area contributed by atoms with E-state index in [0.29, 0.717) is 13.0 Å². The van der Waals surface area contributed by atoms with Crippen molar-refractivity contribution < 1.29 is 18.7 Å². The Morgan fingerprint density at radius 2 is 2.27 bits per heavy atom. The van der Waals surface area contributed by atoms with Gasteiger partial charge in [0.1, 0.15) is 0 Å². The summed E-state index contributed by atoms with van der Waals surface area (Å²) in [4.78, 5) is 12.4. The smallest absolute Gasteiger partial charge is 0.255 e. The molecule has 0 aromatic rings. The summed E-state index contributed by atoms with van der Waals surface area (Å²) >= 11 is 0. The predicted octanol–water partition coefficient (Wildman–Crippen LogP) is -0.146. The molecule has 1 aliphatic rings. The fraction of sp³-hybridized carbons (Fsp3) is 0.875. The highest BCUT2D eigenvalue weighted by Crippen LogP contribution is 2.09. The van der Waals surface area contributed by atoms with Crippen LogP contribution >= 0.6 is 12.4 Å². The maximum absolute atomic E-state index is 11.9. The Bertz CT molecular complexity index is 219. The third kappa shape index (κ3) is 4.27. The number of amides is 1. The first-order chi connectivity index (χ1) is 6.50. The average molecular weight is 245 g/mol. The fourth-order valence-electron chi connectivity index (χ4n) is 1.47. The van der Waals surface area contributed by atoms with Crippen LogP contribution in [0.3, 0.4) is 0 Å². The molecule has 0 bridgehead atoms. The van der Waals surface area contributed by atoms with Crippen molar-refractivity contribution in [2.45, 2.75) is 25.0 Å². The lowest BCUT2D eigenvalue weighted by molar-refractivity contribution is -0.133. The van der Waals surface area contributed by atoms with E-state index in [-0.39, 0.29) is 18.3 Å². The maximum atomic E-state index is 11.9. The number of rotatable bonds is 3. The van der Waals surface area contributed by atoms with Gasteiger partial charge in [0.2, 0.25) is 5.91 Å². The highest BCUT2D eigenvalue weighted by atomic mass is 35.5. The van der Waals surface area contributed by atoms with E-state index in [1.54, 1.807) is 0 Å². The Morgan fingerprint density at radius 1 is 1.67 bits per heavy atom. The summed E-state index contributed by atoms with van der Waals surface area (Å²) in [5, 5.41) is 11.9. The fourth-order valence-corrected chi connectivity index (χ4v) is 1.47. The minimum Gasteiger partial charge on any atom is -0.392 e. The number of carbonyl (C=O) groups excluding carboxylic acids is 1. The number of hydrogen-bond donors (Lipinski definition) is 2. The van der Waals surface area contributed by atoms with Gasteiger partial charge in [-0.25, -0.2) is 8.78 Å². The van der Waals surface area contributed by atoms with Crippen molar-refractivity contribution in [1.29, 1.82) is 0 Å². The van der Waals surface area contributed by atoms with Gasteiger partial charge in [-0.1, -0.05) is 0 Å². The molecule has 0 saturated carbocycles. The molecular weight excluding hydrogens is 230 g/mol. The van der Waals surface area contributed by atoms with E-state index in [1.165, 1.54) is 7.05 Å². The number of alkyl halides is 2. The number of halogens is 3. The second-order valence-electron chi connectivity index (χ2n) is 3.46. The Labute approximate surface area is 93.0 Å². The molecule has 1 amide bonds. The minimum absolute atomic E-state index is 0. The number of hydrogen-bond acceptors (Lipinski definition) is 3. The minimum atomic E-state index is -2.52. The lowest BCUT2D eigenvalue weighted by Gasteiger charge is -2.20. The van der Waals surface area contributed by atoms with Gasteiger partial charge in [-0.2, -0.15) is 0 Å². The summed E-state index contributed by atoms with van der Waals surface area (Å²) < 4.78 is 23.9. The van der Waals surface area contributed by atoms with Gasteiger partial charge >= 0.3 is 0 Å². The van der Waals surface area contributed by atoms with E-state index in [1.807, 2.05) is 0 Å².